The summed E-state index contributed by atoms with van der Waals surface area (Å²) in [4.78, 5) is 17.0. The van der Waals surface area contributed by atoms with E-state index in [1.807, 2.05) is 50.2 Å². The first-order chi connectivity index (χ1) is 14.5. The molecule has 0 aliphatic heterocycles. The number of aromatic nitrogens is 1. The van der Waals surface area contributed by atoms with Gasteiger partial charge in [-0.3, -0.25) is 4.79 Å². The zero-order valence-electron chi connectivity index (χ0n) is 17.3. The normalized spacial score (nSPS) is 16.7. The van der Waals surface area contributed by atoms with E-state index in [2.05, 4.69) is 22.4 Å². The minimum Gasteiger partial charge on any atom is -0.616 e. The van der Waals surface area contributed by atoms with E-state index >= 15 is 0 Å². The monoisotopic (exact) mass is 422 g/mol. The number of rotatable bonds is 6. The number of nitrogens with zero attached hydrogens (tertiary/aromatic N) is 1. The molecule has 6 heteroatoms. The molecule has 1 amide bonds. The van der Waals surface area contributed by atoms with Gasteiger partial charge in [-0.2, -0.15) is 0 Å². The fourth-order valence-electron chi connectivity index (χ4n) is 3.87. The summed E-state index contributed by atoms with van der Waals surface area (Å²) in [6, 6.07) is 16.1. The molecule has 0 spiro atoms. The first-order valence-corrected chi connectivity index (χ1v) is 11.7. The van der Waals surface area contributed by atoms with E-state index < -0.39 is 11.2 Å². The third-order valence-corrected chi connectivity index (χ3v) is 6.67. The van der Waals surface area contributed by atoms with Gasteiger partial charge in [-0.25, -0.2) is 4.98 Å². The SMILES string of the molecule is Cc1ccc(-c2nc(C[S+]([O-])CC(=O)NC3CCCc4ccccc43)c(C)o2)cc1. The lowest BCUT2D eigenvalue weighted by Crippen LogP contribution is -2.35. The van der Waals surface area contributed by atoms with E-state index in [1.54, 1.807) is 0 Å². The minimum absolute atomic E-state index is 0.00127. The van der Waals surface area contributed by atoms with Gasteiger partial charge in [0.25, 0.3) is 5.91 Å². The summed E-state index contributed by atoms with van der Waals surface area (Å²) in [6.45, 7) is 3.84. The second-order valence-corrected chi connectivity index (χ2v) is 9.28. The van der Waals surface area contributed by atoms with Crippen molar-refractivity contribution in [1.29, 1.82) is 0 Å². The van der Waals surface area contributed by atoms with Crippen molar-refractivity contribution >= 4 is 17.1 Å². The number of oxazole rings is 1. The highest BCUT2D eigenvalue weighted by atomic mass is 32.2. The Kier molecular flexibility index (Phi) is 6.25. The number of hydrogen-bond donors (Lipinski definition) is 1. The van der Waals surface area contributed by atoms with Gasteiger partial charge in [0, 0.05) is 5.56 Å². The molecule has 5 nitrogen and oxygen atoms in total. The van der Waals surface area contributed by atoms with Gasteiger partial charge in [0.15, 0.2) is 11.5 Å². The minimum atomic E-state index is -1.35. The number of fused-ring (bicyclic) bond motifs is 1. The molecule has 156 valence electrons. The zero-order valence-corrected chi connectivity index (χ0v) is 18.1. The van der Waals surface area contributed by atoms with Gasteiger partial charge in [-0.15, -0.1) is 0 Å². The lowest BCUT2D eigenvalue weighted by atomic mass is 9.88. The van der Waals surface area contributed by atoms with E-state index in [1.165, 1.54) is 11.1 Å². The number of carbonyl (C=O) groups excluding carboxylic acids is 1. The topological polar surface area (TPSA) is 78.2 Å². The third-order valence-electron chi connectivity index (χ3n) is 5.49. The molecule has 3 aromatic rings. The first-order valence-electron chi connectivity index (χ1n) is 10.2. The fraction of sp³-hybridized carbons (Fsp3) is 0.333. The molecular weight excluding hydrogens is 396 g/mol. The maximum Gasteiger partial charge on any atom is 0.270 e. The van der Waals surface area contributed by atoms with Gasteiger partial charge in [0.2, 0.25) is 5.89 Å². The quantitative estimate of drug-likeness (QED) is 0.597. The van der Waals surface area contributed by atoms with Crippen LogP contribution in [0.15, 0.2) is 52.9 Å². The molecule has 30 heavy (non-hydrogen) atoms. The number of benzene rings is 2. The van der Waals surface area contributed by atoms with Crippen LogP contribution >= 0.6 is 0 Å². The van der Waals surface area contributed by atoms with Gasteiger partial charge in [-0.05, 0) is 67.5 Å². The standard InChI is InChI=1S/C24H26N2O3S/c1-16-10-12-19(13-11-16)24-26-22(17(2)29-24)14-30(28)15-23(27)25-21-9-5-7-18-6-3-4-8-20(18)21/h3-4,6,8,10-13,21H,5,7,9,14-15H2,1-2H3,(H,25,27). The fourth-order valence-corrected chi connectivity index (χ4v) is 4.92. The second-order valence-electron chi connectivity index (χ2n) is 7.83. The molecule has 0 bridgehead atoms. The van der Waals surface area contributed by atoms with Crippen molar-refractivity contribution in [3.05, 3.63) is 76.7 Å². The van der Waals surface area contributed by atoms with Crippen molar-refractivity contribution in [1.82, 2.24) is 10.3 Å². The Bertz CT molecular complexity index is 1030. The number of hydrogen-bond acceptors (Lipinski definition) is 4. The highest BCUT2D eigenvalue weighted by molar-refractivity contribution is 7.91. The van der Waals surface area contributed by atoms with Gasteiger partial charge >= 0.3 is 0 Å². The van der Waals surface area contributed by atoms with Gasteiger partial charge in [0.1, 0.15) is 11.5 Å². The molecule has 0 fully saturated rings. The molecule has 4 rings (SSSR count). The summed E-state index contributed by atoms with van der Waals surface area (Å²) in [5.74, 6) is 1.14. The Morgan fingerprint density at radius 2 is 1.97 bits per heavy atom. The summed E-state index contributed by atoms with van der Waals surface area (Å²) in [5, 5.41) is 3.07. The Labute approximate surface area is 180 Å². The lowest BCUT2D eigenvalue weighted by molar-refractivity contribution is -0.119. The lowest BCUT2D eigenvalue weighted by Gasteiger charge is -2.26. The number of carbonyl (C=O) groups is 1. The molecule has 1 N–H and O–H groups in total. The molecule has 1 aliphatic carbocycles. The van der Waals surface area contributed by atoms with E-state index in [0.717, 1.165) is 30.4 Å². The van der Waals surface area contributed by atoms with Crippen LogP contribution in [0.2, 0.25) is 0 Å². The van der Waals surface area contributed by atoms with Crippen molar-refractivity contribution < 1.29 is 13.8 Å². The van der Waals surface area contributed by atoms with Gasteiger partial charge < -0.3 is 14.3 Å². The molecule has 1 heterocycles. The van der Waals surface area contributed by atoms with Crippen molar-refractivity contribution in [2.24, 2.45) is 0 Å². The summed E-state index contributed by atoms with van der Waals surface area (Å²) >= 11 is -1.35. The predicted molar refractivity (Wildman–Crippen MR) is 118 cm³/mol. The largest absolute Gasteiger partial charge is 0.616 e. The molecule has 0 saturated heterocycles. The van der Waals surface area contributed by atoms with Crippen LogP contribution in [-0.2, 0) is 28.1 Å². The Balaban J connectivity index is 1.36. The maximum atomic E-state index is 12.6. The van der Waals surface area contributed by atoms with Crippen LogP contribution in [0.4, 0.5) is 0 Å². The third kappa shape index (κ3) is 4.77. The van der Waals surface area contributed by atoms with Crippen LogP contribution in [0.25, 0.3) is 11.5 Å². The van der Waals surface area contributed by atoms with Crippen LogP contribution in [0, 0.1) is 13.8 Å². The van der Waals surface area contributed by atoms with Crippen LogP contribution in [0.5, 0.6) is 0 Å². The van der Waals surface area contributed by atoms with E-state index in [0.29, 0.717) is 17.3 Å². The molecular formula is C24H26N2O3S. The summed E-state index contributed by atoms with van der Waals surface area (Å²) in [7, 11) is 0. The van der Waals surface area contributed by atoms with Crippen molar-refractivity contribution in [3.63, 3.8) is 0 Å². The smallest absolute Gasteiger partial charge is 0.270 e. The molecule has 2 atom stereocenters. The maximum absolute atomic E-state index is 12.6. The molecule has 1 aliphatic rings. The average Bonchev–Trinajstić information content (AvgIpc) is 3.09. The molecule has 1 aromatic heterocycles. The second kappa shape index (κ2) is 9.06. The Hall–Kier alpha value is -2.57. The van der Waals surface area contributed by atoms with E-state index in [9.17, 15) is 9.35 Å². The number of nitrogens with one attached hydrogen (secondary N) is 1. The molecule has 0 radical (unpaired) electrons. The molecule has 2 aromatic carbocycles. The number of amides is 1. The van der Waals surface area contributed by atoms with E-state index in [4.69, 9.17) is 4.42 Å². The van der Waals surface area contributed by atoms with Crippen LogP contribution in [-0.4, -0.2) is 21.2 Å². The van der Waals surface area contributed by atoms with E-state index in [-0.39, 0.29) is 23.5 Å². The highest BCUT2D eigenvalue weighted by Crippen LogP contribution is 2.29. The summed E-state index contributed by atoms with van der Waals surface area (Å²) < 4.78 is 18.4. The molecule has 0 saturated carbocycles. The van der Waals surface area contributed by atoms with Crippen LogP contribution < -0.4 is 5.32 Å². The molecule has 2 unspecified atom stereocenters. The highest BCUT2D eigenvalue weighted by Gasteiger charge is 2.24. The van der Waals surface area contributed by atoms with Crippen LogP contribution in [0.1, 0.15) is 47.0 Å². The average molecular weight is 423 g/mol. The van der Waals surface area contributed by atoms with Gasteiger partial charge in [-0.1, -0.05) is 42.0 Å². The predicted octanol–water partition coefficient (Wildman–Crippen LogP) is 4.40. The van der Waals surface area contributed by atoms with Crippen LogP contribution in [0.3, 0.4) is 0 Å². The van der Waals surface area contributed by atoms with Crippen molar-refractivity contribution in [3.8, 4) is 11.5 Å². The first kappa shape index (κ1) is 20.7. The van der Waals surface area contributed by atoms with Crippen molar-refractivity contribution in [2.75, 3.05) is 5.75 Å². The summed E-state index contributed by atoms with van der Waals surface area (Å²) in [6.07, 6.45) is 3.01. The zero-order chi connectivity index (χ0) is 21.1. The summed E-state index contributed by atoms with van der Waals surface area (Å²) in [5.41, 5.74) is 5.15. The number of aryl methyl sites for hydroxylation is 3. The van der Waals surface area contributed by atoms with Crippen molar-refractivity contribution in [2.45, 2.75) is 44.9 Å². The van der Waals surface area contributed by atoms with Gasteiger partial charge in [0.05, 0.1) is 6.04 Å². The Morgan fingerprint density at radius 3 is 2.77 bits per heavy atom. The Morgan fingerprint density at radius 1 is 1.20 bits per heavy atom.